The lowest BCUT2D eigenvalue weighted by molar-refractivity contribution is 0.638. The van der Waals surface area contributed by atoms with Crippen LogP contribution in [0.4, 0.5) is 11.4 Å². The van der Waals surface area contributed by atoms with E-state index in [9.17, 15) is 4.79 Å². The lowest BCUT2D eigenvalue weighted by Crippen LogP contribution is -2.24. The molecular weight excluding hydrogens is 264 g/mol. The zero-order valence-corrected chi connectivity index (χ0v) is 11.6. The first-order valence-electron chi connectivity index (χ1n) is 5.76. The number of nitrogens with two attached hydrogens (primary N) is 1. The predicted octanol–water partition coefficient (Wildman–Crippen LogP) is 1.59. The maximum absolute atomic E-state index is 11.9. The average Bonchev–Trinajstić information content (AvgIpc) is 2.36. The lowest BCUT2D eigenvalue weighted by atomic mass is 10.2. The minimum atomic E-state index is -0.153. The second kappa shape index (κ2) is 5.32. The summed E-state index contributed by atoms with van der Waals surface area (Å²) in [6.45, 7) is 0.369. The Morgan fingerprint density at radius 1 is 1.37 bits per heavy atom. The number of hydrogen-bond acceptors (Lipinski definition) is 4. The van der Waals surface area contributed by atoms with Gasteiger partial charge >= 0.3 is 0 Å². The maximum Gasteiger partial charge on any atom is 0.269 e. The van der Waals surface area contributed by atoms with E-state index in [0.717, 1.165) is 11.3 Å². The Labute approximate surface area is 116 Å². The summed E-state index contributed by atoms with van der Waals surface area (Å²) in [5.41, 5.74) is 7.73. The Bertz CT molecular complexity index is 651. The van der Waals surface area contributed by atoms with Crippen molar-refractivity contribution in [1.29, 1.82) is 0 Å². The monoisotopic (exact) mass is 278 g/mol. The van der Waals surface area contributed by atoms with Gasteiger partial charge < -0.3 is 10.6 Å². The second-order valence-electron chi connectivity index (χ2n) is 4.46. The normalized spacial score (nSPS) is 10.5. The van der Waals surface area contributed by atoms with E-state index < -0.39 is 0 Å². The zero-order chi connectivity index (χ0) is 14.0. The van der Waals surface area contributed by atoms with Gasteiger partial charge in [0, 0.05) is 20.2 Å². The van der Waals surface area contributed by atoms with Gasteiger partial charge in [0.15, 0.2) is 0 Å². The van der Waals surface area contributed by atoms with Crippen LogP contribution in [0.15, 0.2) is 35.3 Å². The van der Waals surface area contributed by atoms with E-state index in [1.165, 1.54) is 4.68 Å². The molecule has 0 aliphatic rings. The van der Waals surface area contributed by atoms with Gasteiger partial charge in [-0.25, -0.2) is 4.68 Å². The van der Waals surface area contributed by atoms with Gasteiger partial charge in [0.05, 0.1) is 29.1 Å². The highest BCUT2D eigenvalue weighted by atomic mass is 35.5. The van der Waals surface area contributed by atoms with Crippen LogP contribution in [-0.2, 0) is 6.54 Å². The van der Waals surface area contributed by atoms with Gasteiger partial charge in [-0.2, -0.15) is 5.10 Å². The average molecular weight is 279 g/mol. The molecule has 1 aromatic heterocycles. The first-order chi connectivity index (χ1) is 8.97. The van der Waals surface area contributed by atoms with Crippen molar-refractivity contribution < 1.29 is 0 Å². The lowest BCUT2D eigenvalue weighted by Gasteiger charge is -2.12. The summed E-state index contributed by atoms with van der Waals surface area (Å²) in [5, 5.41) is 4.64. The number of anilines is 2. The molecule has 5 nitrogen and oxygen atoms in total. The van der Waals surface area contributed by atoms with Gasteiger partial charge in [-0.15, -0.1) is 0 Å². The third-order valence-corrected chi connectivity index (χ3v) is 3.11. The summed E-state index contributed by atoms with van der Waals surface area (Å²) in [5.74, 6) is 0. The Kier molecular flexibility index (Phi) is 3.76. The van der Waals surface area contributed by atoms with Crippen molar-refractivity contribution in [3.63, 3.8) is 0 Å². The standard InChI is InChI=1S/C13H15ClN4O/c1-17(2)10-6-13(19)18(16-7-10)8-9-3-4-11(14)12(15)5-9/h3-7H,8,15H2,1-2H3. The molecule has 2 N–H and O–H groups in total. The van der Waals surface area contributed by atoms with Crippen LogP contribution in [0.5, 0.6) is 0 Å². The Hall–Kier alpha value is -2.01. The topological polar surface area (TPSA) is 64.2 Å². The Morgan fingerprint density at radius 3 is 2.68 bits per heavy atom. The van der Waals surface area contributed by atoms with Crippen LogP contribution in [0.3, 0.4) is 0 Å². The first-order valence-corrected chi connectivity index (χ1v) is 6.13. The fourth-order valence-corrected chi connectivity index (χ4v) is 1.77. The molecule has 0 aliphatic heterocycles. The highest BCUT2D eigenvalue weighted by molar-refractivity contribution is 6.33. The molecule has 1 heterocycles. The smallest absolute Gasteiger partial charge is 0.269 e. The number of nitrogen functional groups attached to an aromatic ring is 1. The summed E-state index contributed by atoms with van der Waals surface area (Å²) in [6, 6.07) is 6.83. The van der Waals surface area contributed by atoms with E-state index in [1.807, 2.05) is 25.1 Å². The van der Waals surface area contributed by atoms with Gasteiger partial charge in [0.25, 0.3) is 5.56 Å². The summed E-state index contributed by atoms with van der Waals surface area (Å²) in [4.78, 5) is 13.7. The molecule has 2 aromatic rings. The largest absolute Gasteiger partial charge is 0.398 e. The molecule has 0 fully saturated rings. The minimum Gasteiger partial charge on any atom is -0.398 e. The van der Waals surface area contributed by atoms with Crippen molar-refractivity contribution in [3.05, 3.63) is 51.4 Å². The number of aromatic nitrogens is 2. The van der Waals surface area contributed by atoms with Crippen LogP contribution in [0.2, 0.25) is 5.02 Å². The fourth-order valence-electron chi connectivity index (χ4n) is 1.65. The molecule has 0 atom stereocenters. The molecule has 0 saturated heterocycles. The van der Waals surface area contributed by atoms with E-state index >= 15 is 0 Å². The van der Waals surface area contributed by atoms with Gasteiger partial charge in [-0.05, 0) is 17.7 Å². The highest BCUT2D eigenvalue weighted by Crippen LogP contribution is 2.19. The third-order valence-electron chi connectivity index (χ3n) is 2.76. The van der Waals surface area contributed by atoms with Gasteiger partial charge in [-0.1, -0.05) is 17.7 Å². The number of nitrogens with zero attached hydrogens (tertiary/aromatic N) is 3. The van der Waals surface area contributed by atoms with Gasteiger partial charge in [0.1, 0.15) is 0 Å². The molecule has 0 saturated carbocycles. The Balaban J connectivity index is 2.28. The SMILES string of the molecule is CN(C)c1cnn(Cc2ccc(Cl)c(N)c2)c(=O)c1. The third kappa shape index (κ3) is 3.06. The maximum atomic E-state index is 11.9. The molecule has 0 aliphatic carbocycles. The Morgan fingerprint density at radius 2 is 2.11 bits per heavy atom. The molecule has 19 heavy (non-hydrogen) atoms. The van der Waals surface area contributed by atoms with Crippen molar-refractivity contribution >= 4 is 23.0 Å². The van der Waals surface area contributed by atoms with E-state index in [2.05, 4.69) is 5.10 Å². The number of rotatable bonds is 3. The summed E-state index contributed by atoms with van der Waals surface area (Å²) in [6.07, 6.45) is 1.65. The molecule has 2 rings (SSSR count). The summed E-state index contributed by atoms with van der Waals surface area (Å²) < 4.78 is 1.38. The molecule has 100 valence electrons. The molecule has 1 aromatic carbocycles. The fraction of sp³-hybridized carbons (Fsp3) is 0.231. The van der Waals surface area contributed by atoms with Crippen molar-refractivity contribution in [2.75, 3.05) is 24.7 Å². The molecule has 6 heteroatoms. The first kappa shape index (κ1) is 13.4. The number of hydrogen-bond donors (Lipinski definition) is 1. The van der Waals surface area contributed by atoms with Gasteiger partial charge in [-0.3, -0.25) is 4.79 Å². The quantitative estimate of drug-likeness (QED) is 0.866. The van der Waals surface area contributed by atoms with Crippen LogP contribution in [-0.4, -0.2) is 23.9 Å². The molecular formula is C13H15ClN4O. The molecule has 0 bridgehead atoms. The summed E-state index contributed by atoms with van der Waals surface area (Å²) in [7, 11) is 3.72. The van der Waals surface area contributed by atoms with Crippen LogP contribution in [0.25, 0.3) is 0 Å². The van der Waals surface area contributed by atoms with E-state index in [0.29, 0.717) is 17.3 Å². The van der Waals surface area contributed by atoms with E-state index in [1.54, 1.807) is 24.4 Å². The van der Waals surface area contributed by atoms with E-state index in [-0.39, 0.29) is 5.56 Å². The molecule has 0 unspecified atom stereocenters. The van der Waals surface area contributed by atoms with Crippen LogP contribution >= 0.6 is 11.6 Å². The molecule has 0 amide bonds. The van der Waals surface area contributed by atoms with Crippen molar-refractivity contribution in [2.24, 2.45) is 0 Å². The zero-order valence-electron chi connectivity index (χ0n) is 10.8. The van der Waals surface area contributed by atoms with Crippen LogP contribution in [0.1, 0.15) is 5.56 Å². The van der Waals surface area contributed by atoms with Crippen molar-refractivity contribution in [2.45, 2.75) is 6.54 Å². The van der Waals surface area contributed by atoms with Gasteiger partial charge in [0.2, 0.25) is 0 Å². The predicted molar refractivity (Wildman–Crippen MR) is 77.8 cm³/mol. The summed E-state index contributed by atoms with van der Waals surface area (Å²) >= 11 is 5.86. The molecule has 0 radical (unpaired) electrons. The highest BCUT2D eigenvalue weighted by Gasteiger charge is 2.04. The van der Waals surface area contributed by atoms with Crippen LogP contribution in [0, 0.1) is 0 Å². The number of benzene rings is 1. The number of halogens is 1. The second-order valence-corrected chi connectivity index (χ2v) is 4.87. The van der Waals surface area contributed by atoms with Crippen molar-refractivity contribution in [3.8, 4) is 0 Å². The van der Waals surface area contributed by atoms with E-state index in [4.69, 9.17) is 17.3 Å². The van der Waals surface area contributed by atoms with Crippen molar-refractivity contribution in [1.82, 2.24) is 9.78 Å². The molecule has 0 spiro atoms. The van der Waals surface area contributed by atoms with Crippen LogP contribution < -0.4 is 16.2 Å². The minimum absolute atomic E-state index is 0.153.